The predicted octanol–water partition coefficient (Wildman–Crippen LogP) is 4.32. The molecular weight excluding hydrogens is 224 g/mol. The Labute approximate surface area is 110 Å². The molecule has 0 amide bonds. The van der Waals surface area contributed by atoms with Gasteiger partial charge in [-0.15, -0.1) is 0 Å². The van der Waals surface area contributed by atoms with E-state index in [1.54, 1.807) is 0 Å². The van der Waals surface area contributed by atoms with Gasteiger partial charge >= 0.3 is 0 Å². The quantitative estimate of drug-likeness (QED) is 0.791. The Morgan fingerprint density at radius 1 is 1.28 bits per heavy atom. The van der Waals surface area contributed by atoms with Crippen LogP contribution in [0.4, 0.5) is 0 Å². The molecule has 0 spiro atoms. The lowest BCUT2D eigenvalue weighted by atomic mass is 9.80. The van der Waals surface area contributed by atoms with Crippen molar-refractivity contribution in [1.82, 2.24) is 0 Å². The summed E-state index contributed by atoms with van der Waals surface area (Å²) >= 11 is 0. The van der Waals surface area contributed by atoms with Gasteiger partial charge in [0, 0.05) is 5.56 Å². The standard InChI is InChI=1S/C16H24O2/c1-9(2)12-8-13(16(5,6)7)15(18)14(10(12)3)11(4)17/h8-9,18H,1-7H3. The van der Waals surface area contributed by atoms with Crippen LogP contribution < -0.4 is 0 Å². The fraction of sp³-hybridized carbons (Fsp3) is 0.562. The first-order chi connectivity index (χ1) is 8.07. The van der Waals surface area contributed by atoms with Crippen molar-refractivity contribution in [2.45, 2.75) is 59.8 Å². The van der Waals surface area contributed by atoms with E-state index in [0.717, 1.165) is 16.7 Å². The van der Waals surface area contributed by atoms with E-state index >= 15 is 0 Å². The summed E-state index contributed by atoms with van der Waals surface area (Å²) in [5.41, 5.74) is 3.20. The first-order valence-electron chi connectivity index (χ1n) is 6.45. The number of phenols is 1. The number of aromatic hydroxyl groups is 1. The Kier molecular flexibility index (Phi) is 3.89. The number of hydrogen-bond donors (Lipinski definition) is 1. The van der Waals surface area contributed by atoms with Crippen LogP contribution in [0.25, 0.3) is 0 Å². The number of rotatable bonds is 2. The van der Waals surface area contributed by atoms with Crippen LogP contribution in [0.3, 0.4) is 0 Å². The average Bonchev–Trinajstić information content (AvgIpc) is 2.13. The third kappa shape index (κ3) is 2.58. The van der Waals surface area contributed by atoms with E-state index in [1.807, 2.05) is 33.8 Å². The van der Waals surface area contributed by atoms with Gasteiger partial charge in [-0.05, 0) is 36.3 Å². The second-order valence-corrected chi connectivity index (χ2v) is 6.32. The lowest BCUT2D eigenvalue weighted by Gasteiger charge is -2.25. The summed E-state index contributed by atoms with van der Waals surface area (Å²) in [6, 6.07) is 2.04. The number of benzene rings is 1. The molecule has 0 fully saturated rings. The molecule has 2 nitrogen and oxygen atoms in total. The predicted molar refractivity (Wildman–Crippen MR) is 75.6 cm³/mol. The monoisotopic (exact) mass is 248 g/mol. The van der Waals surface area contributed by atoms with Crippen molar-refractivity contribution in [3.63, 3.8) is 0 Å². The number of carbonyl (C=O) groups excluding carboxylic acids is 1. The first kappa shape index (κ1) is 14.7. The van der Waals surface area contributed by atoms with Crippen molar-refractivity contribution >= 4 is 5.78 Å². The van der Waals surface area contributed by atoms with Crippen LogP contribution in [-0.4, -0.2) is 10.9 Å². The maximum atomic E-state index is 11.8. The fourth-order valence-electron chi connectivity index (χ4n) is 2.39. The smallest absolute Gasteiger partial charge is 0.163 e. The zero-order chi connectivity index (χ0) is 14.2. The Morgan fingerprint density at radius 3 is 2.11 bits per heavy atom. The van der Waals surface area contributed by atoms with Crippen LogP contribution >= 0.6 is 0 Å². The molecule has 100 valence electrons. The summed E-state index contributed by atoms with van der Waals surface area (Å²) in [5, 5.41) is 10.4. The molecule has 0 heterocycles. The summed E-state index contributed by atoms with van der Waals surface area (Å²) in [7, 11) is 0. The third-order valence-corrected chi connectivity index (χ3v) is 3.38. The Hall–Kier alpha value is -1.31. The van der Waals surface area contributed by atoms with E-state index in [-0.39, 0.29) is 16.9 Å². The minimum atomic E-state index is -0.175. The lowest BCUT2D eigenvalue weighted by Crippen LogP contribution is -2.15. The van der Waals surface area contributed by atoms with Crippen LogP contribution in [0.5, 0.6) is 5.75 Å². The molecule has 0 saturated heterocycles. The highest BCUT2D eigenvalue weighted by Gasteiger charge is 2.25. The van der Waals surface area contributed by atoms with Crippen molar-refractivity contribution in [1.29, 1.82) is 0 Å². The molecule has 18 heavy (non-hydrogen) atoms. The molecule has 0 aliphatic rings. The van der Waals surface area contributed by atoms with Crippen LogP contribution in [0.1, 0.15) is 74.5 Å². The van der Waals surface area contributed by atoms with Gasteiger partial charge in [0.2, 0.25) is 0 Å². The number of carbonyl (C=O) groups is 1. The van der Waals surface area contributed by atoms with Crippen molar-refractivity contribution in [3.05, 3.63) is 28.3 Å². The average molecular weight is 248 g/mol. The van der Waals surface area contributed by atoms with Gasteiger partial charge in [0.1, 0.15) is 5.75 Å². The van der Waals surface area contributed by atoms with Crippen LogP contribution in [-0.2, 0) is 5.41 Å². The van der Waals surface area contributed by atoms with Gasteiger partial charge in [0.25, 0.3) is 0 Å². The van der Waals surface area contributed by atoms with Gasteiger partial charge in [-0.1, -0.05) is 40.7 Å². The molecule has 2 heteroatoms. The normalized spacial score (nSPS) is 12.0. The minimum Gasteiger partial charge on any atom is -0.507 e. The van der Waals surface area contributed by atoms with E-state index in [4.69, 9.17) is 0 Å². The fourth-order valence-corrected chi connectivity index (χ4v) is 2.39. The van der Waals surface area contributed by atoms with Crippen LogP contribution in [0.15, 0.2) is 6.07 Å². The maximum Gasteiger partial charge on any atom is 0.163 e. The first-order valence-corrected chi connectivity index (χ1v) is 6.45. The highest BCUT2D eigenvalue weighted by molar-refractivity contribution is 5.99. The molecule has 1 aromatic rings. The van der Waals surface area contributed by atoms with Crippen LogP contribution in [0, 0.1) is 6.92 Å². The van der Waals surface area contributed by atoms with Crippen LogP contribution in [0.2, 0.25) is 0 Å². The second kappa shape index (κ2) is 4.75. The molecule has 0 radical (unpaired) electrons. The molecular formula is C16H24O2. The number of Topliss-reactive ketones (excluding diaryl/α,β-unsaturated/α-hetero) is 1. The van der Waals surface area contributed by atoms with Gasteiger partial charge in [0.15, 0.2) is 5.78 Å². The molecule has 0 aliphatic carbocycles. The third-order valence-electron chi connectivity index (χ3n) is 3.38. The zero-order valence-corrected chi connectivity index (χ0v) is 12.5. The maximum absolute atomic E-state index is 11.8. The second-order valence-electron chi connectivity index (χ2n) is 6.32. The highest BCUT2D eigenvalue weighted by atomic mass is 16.3. The van der Waals surface area contributed by atoms with E-state index in [1.165, 1.54) is 6.92 Å². The van der Waals surface area contributed by atoms with E-state index < -0.39 is 0 Å². The molecule has 0 atom stereocenters. The van der Waals surface area contributed by atoms with Crippen molar-refractivity contribution < 1.29 is 9.90 Å². The molecule has 0 bridgehead atoms. The SMILES string of the molecule is CC(=O)c1c(C)c(C(C)C)cc(C(C)(C)C)c1O. The molecule has 1 aromatic carbocycles. The highest BCUT2D eigenvalue weighted by Crippen LogP contribution is 2.38. The molecule has 0 aromatic heterocycles. The van der Waals surface area contributed by atoms with E-state index in [2.05, 4.69) is 13.8 Å². The van der Waals surface area contributed by atoms with E-state index in [0.29, 0.717) is 11.5 Å². The van der Waals surface area contributed by atoms with Gasteiger partial charge in [0.05, 0.1) is 5.56 Å². The Bertz CT molecular complexity index is 477. The Balaban J connectivity index is 3.72. The number of ketones is 1. The number of phenolic OH excluding ortho intramolecular Hbond substituents is 1. The van der Waals surface area contributed by atoms with Crippen molar-refractivity contribution in [2.24, 2.45) is 0 Å². The molecule has 0 aliphatic heterocycles. The van der Waals surface area contributed by atoms with Gasteiger partial charge < -0.3 is 5.11 Å². The summed E-state index contributed by atoms with van der Waals surface area (Å²) < 4.78 is 0. The molecule has 1 rings (SSSR count). The Morgan fingerprint density at radius 2 is 1.78 bits per heavy atom. The molecule has 0 unspecified atom stereocenters. The summed E-state index contributed by atoms with van der Waals surface area (Å²) in [4.78, 5) is 11.8. The summed E-state index contributed by atoms with van der Waals surface area (Å²) in [6.45, 7) is 13.8. The zero-order valence-electron chi connectivity index (χ0n) is 12.5. The van der Waals surface area contributed by atoms with Crippen molar-refractivity contribution in [3.8, 4) is 5.75 Å². The van der Waals surface area contributed by atoms with Crippen molar-refractivity contribution in [2.75, 3.05) is 0 Å². The van der Waals surface area contributed by atoms with Gasteiger partial charge in [-0.3, -0.25) is 4.79 Å². The largest absolute Gasteiger partial charge is 0.507 e. The van der Waals surface area contributed by atoms with Gasteiger partial charge in [-0.25, -0.2) is 0 Å². The van der Waals surface area contributed by atoms with Gasteiger partial charge in [-0.2, -0.15) is 0 Å². The number of hydrogen-bond acceptors (Lipinski definition) is 2. The topological polar surface area (TPSA) is 37.3 Å². The minimum absolute atomic E-state index is 0.0713. The summed E-state index contributed by atoms with van der Waals surface area (Å²) in [5.74, 6) is 0.416. The summed E-state index contributed by atoms with van der Waals surface area (Å²) in [6.07, 6.45) is 0. The molecule has 0 saturated carbocycles. The van der Waals surface area contributed by atoms with E-state index in [9.17, 15) is 9.90 Å². The molecule has 1 N–H and O–H groups in total. The lowest BCUT2D eigenvalue weighted by molar-refractivity contribution is 0.101.